The van der Waals surface area contributed by atoms with Crippen molar-refractivity contribution in [2.24, 2.45) is 0 Å². The van der Waals surface area contributed by atoms with E-state index in [9.17, 15) is 4.79 Å². The summed E-state index contributed by atoms with van der Waals surface area (Å²) in [6, 6.07) is 9.24. The Balaban J connectivity index is 1.70. The van der Waals surface area contributed by atoms with Gasteiger partial charge in [-0.05, 0) is 43.9 Å². The van der Waals surface area contributed by atoms with Crippen molar-refractivity contribution < 1.29 is 4.79 Å². The fourth-order valence-electron chi connectivity index (χ4n) is 2.86. The van der Waals surface area contributed by atoms with Gasteiger partial charge in [0.05, 0.1) is 0 Å². The van der Waals surface area contributed by atoms with Crippen LogP contribution in [0.25, 0.3) is 0 Å². The van der Waals surface area contributed by atoms with E-state index in [1.54, 1.807) is 4.90 Å². The maximum Gasteiger partial charge on any atom is 0.319 e. The molecule has 1 N–H and O–H groups in total. The summed E-state index contributed by atoms with van der Waals surface area (Å²) in [5.74, 6) is 0. The second-order valence-electron chi connectivity index (χ2n) is 6.07. The van der Waals surface area contributed by atoms with E-state index >= 15 is 0 Å². The molecule has 1 aromatic carbocycles. The number of carbonyl (C=O) groups excluding carboxylic acids is 1. The summed E-state index contributed by atoms with van der Waals surface area (Å²) in [6.07, 6.45) is 3.17. The van der Waals surface area contributed by atoms with E-state index in [0.717, 1.165) is 38.9 Å². The molecule has 1 saturated heterocycles. The summed E-state index contributed by atoms with van der Waals surface area (Å²) in [5.41, 5.74) is 2.79. The lowest BCUT2D eigenvalue weighted by atomic mass is 10.0. The summed E-state index contributed by atoms with van der Waals surface area (Å²) < 4.78 is 0. The van der Waals surface area contributed by atoms with E-state index < -0.39 is 0 Å². The fraction of sp³-hybridized carbons (Fsp3) is 0.588. The van der Waals surface area contributed by atoms with Crippen LogP contribution in [-0.2, 0) is 6.42 Å². The molecule has 4 nitrogen and oxygen atoms in total. The van der Waals surface area contributed by atoms with E-state index in [4.69, 9.17) is 0 Å². The molecular weight excluding hydrogens is 262 g/mol. The second kappa shape index (κ2) is 7.46. The minimum absolute atomic E-state index is 0.133. The zero-order valence-corrected chi connectivity index (χ0v) is 13.4. The lowest BCUT2D eigenvalue weighted by molar-refractivity contribution is 0.152. The van der Waals surface area contributed by atoms with Crippen LogP contribution in [0.1, 0.15) is 24.0 Å². The molecule has 0 atom stereocenters. The Hall–Kier alpha value is -1.55. The van der Waals surface area contributed by atoms with Gasteiger partial charge in [0.25, 0.3) is 0 Å². The van der Waals surface area contributed by atoms with Crippen LogP contribution < -0.4 is 5.32 Å². The molecular formula is C17H27N3O. The van der Waals surface area contributed by atoms with Crippen LogP contribution >= 0.6 is 0 Å². The van der Waals surface area contributed by atoms with Crippen molar-refractivity contribution in [1.29, 1.82) is 0 Å². The average Bonchev–Trinajstić information content (AvgIpc) is 2.49. The van der Waals surface area contributed by atoms with E-state index in [1.165, 1.54) is 11.1 Å². The SMILES string of the molecule is Cc1ccccc1CCNC1CCN(C(=O)N(C)C)CC1. The summed E-state index contributed by atoms with van der Waals surface area (Å²) in [7, 11) is 3.63. The number of nitrogens with zero attached hydrogens (tertiary/aromatic N) is 2. The molecule has 1 aromatic rings. The Labute approximate surface area is 128 Å². The van der Waals surface area contributed by atoms with E-state index in [2.05, 4.69) is 36.5 Å². The number of carbonyl (C=O) groups is 1. The fourth-order valence-corrected chi connectivity index (χ4v) is 2.86. The van der Waals surface area contributed by atoms with Gasteiger partial charge in [-0.3, -0.25) is 0 Å². The maximum absolute atomic E-state index is 11.9. The van der Waals surface area contributed by atoms with Crippen molar-refractivity contribution >= 4 is 6.03 Å². The van der Waals surface area contributed by atoms with Gasteiger partial charge in [0.2, 0.25) is 0 Å². The number of nitrogens with one attached hydrogen (secondary N) is 1. The van der Waals surface area contributed by atoms with Gasteiger partial charge >= 0.3 is 6.03 Å². The summed E-state index contributed by atoms with van der Waals surface area (Å²) in [4.78, 5) is 15.5. The van der Waals surface area contributed by atoms with Crippen LogP contribution in [0.5, 0.6) is 0 Å². The third-order valence-electron chi connectivity index (χ3n) is 4.24. The largest absolute Gasteiger partial charge is 0.331 e. The van der Waals surface area contributed by atoms with Crippen molar-refractivity contribution in [3.05, 3.63) is 35.4 Å². The van der Waals surface area contributed by atoms with Gasteiger partial charge in [0.1, 0.15) is 0 Å². The number of urea groups is 1. The van der Waals surface area contributed by atoms with Crippen LogP contribution in [0.2, 0.25) is 0 Å². The highest BCUT2D eigenvalue weighted by molar-refractivity contribution is 5.73. The smallest absolute Gasteiger partial charge is 0.319 e. The third kappa shape index (κ3) is 4.46. The van der Waals surface area contributed by atoms with Crippen molar-refractivity contribution in [1.82, 2.24) is 15.1 Å². The van der Waals surface area contributed by atoms with Gasteiger partial charge in [-0.15, -0.1) is 0 Å². The van der Waals surface area contributed by atoms with Crippen LogP contribution in [-0.4, -0.2) is 55.6 Å². The van der Waals surface area contributed by atoms with Crippen LogP contribution in [0, 0.1) is 6.92 Å². The van der Waals surface area contributed by atoms with Crippen LogP contribution in [0.4, 0.5) is 4.79 Å². The van der Waals surface area contributed by atoms with Crippen molar-refractivity contribution in [2.45, 2.75) is 32.2 Å². The first kappa shape index (κ1) is 15.8. The van der Waals surface area contributed by atoms with Gasteiger partial charge in [-0.25, -0.2) is 4.79 Å². The maximum atomic E-state index is 11.9. The van der Waals surface area contributed by atoms with E-state index in [0.29, 0.717) is 6.04 Å². The standard InChI is InChI=1S/C17H27N3O/c1-14-6-4-5-7-15(14)8-11-18-16-9-12-20(13-10-16)17(21)19(2)3/h4-7,16,18H,8-13H2,1-3H3. The molecule has 0 bridgehead atoms. The van der Waals surface area contributed by atoms with Gasteiger partial charge < -0.3 is 15.1 Å². The molecule has 2 amide bonds. The average molecular weight is 289 g/mol. The first-order chi connectivity index (χ1) is 10.1. The zero-order valence-electron chi connectivity index (χ0n) is 13.4. The van der Waals surface area contributed by atoms with E-state index in [1.807, 2.05) is 19.0 Å². The quantitative estimate of drug-likeness (QED) is 0.923. The summed E-state index contributed by atoms with van der Waals surface area (Å²) in [6.45, 7) is 4.90. The summed E-state index contributed by atoms with van der Waals surface area (Å²) in [5, 5.41) is 3.63. The minimum atomic E-state index is 0.133. The number of benzene rings is 1. The monoisotopic (exact) mass is 289 g/mol. The Bertz CT molecular complexity index is 465. The first-order valence-corrected chi connectivity index (χ1v) is 7.82. The number of aryl methyl sites for hydroxylation is 1. The summed E-state index contributed by atoms with van der Waals surface area (Å²) >= 11 is 0. The molecule has 0 aromatic heterocycles. The van der Waals surface area contributed by atoms with Crippen molar-refractivity contribution in [2.75, 3.05) is 33.7 Å². The molecule has 21 heavy (non-hydrogen) atoms. The highest BCUT2D eigenvalue weighted by atomic mass is 16.2. The van der Waals surface area contributed by atoms with Crippen molar-refractivity contribution in [3.63, 3.8) is 0 Å². The van der Waals surface area contributed by atoms with Crippen LogP contribution in [0.15, 0.2) is 24.3 Å². The molecule has 0 radical (unpaired) electrons. The Morgan fingerprint density at radius 1 is 1.29 bits per heavy atom. The highest BCUT2D eigenvalue weighted by Gasteiger charge is 2.23. The number of hydrogen-bond donors (Lipinski definition) is 1. The lowest BCUT2D eigenvalue weighted by Crippen LogP contribution is -2.48. The number of amides is 2. The number of hydrogen-bond acceptors (Lipinski definition) is 2. The first-order valence-electron chi connectivity index (χ1n) is 7.82. The van der Waals surface area contributed by atoms with Gasteiger partial charge in [0, 0.05) is 33.2 Å². The zero-order chi connectivity index (χ0) is 15.2. The predicted molar refractivity (Wildman–Crippen MR) is 86.6 cm³/mol. The molecule has 116 valence electrons. The molecule has 2 rings (SSSR count). The number of piperidine rings is 1. The number of likely N-dealkylation sites (tertiary alicyclic amines) is 1. The van der Waals surface area contributed by atoms with Gasteiger partial charge in [-0.2, -0.15) is 0 Å². The molecule has 1 aliphatic heterocycles. The molecule has 4 heteroatoms. The molecule has 0 saturated carbocycles. The second-order valence-corrected chi connectivity index (χ2v) is 6.07. The molecule has 0 unspecified atom stereocenters. The predicted octanol–water partition coefficient (Wildman–Crippen LogP) is 2.27. The van der Waals surface area contributed by atoms with Gasteiger partial charge in [0.15, 0.2) is 0 Å². The molecule has 1 heterocycles. The Kier molecular flexibility index (Phi) is 5.62. The Morgan fingerprint density at radius 2 is 1.95 bits per heavy atom. The number of rotatable bonds is 4. The molecule has 1 aliphatic rings. The van der Waals surface area contributed by atoms with Gasteiger partial charge in [-0.1, -0.05) is 24.3 Å². The molecule has 0 spiro atoms. The molecule has 1 fully saturated rings. The third-order valence-corrected chi connectivity index (χ3v) is 4.24. The minimum Gasteiger partial charge on any atom is -0.331 e. The van der Waals surface area contributed by atoms with Crippen molar-refractivity contribution in [3.8, 4) is 0 Å². The lowest BCUT2D eigenvalue weighted by Gasteiger charge is -2.34. The Morgan fingerprint density at radius 3 is 2.57 bits per heavy atom. The highest BCUT2D eigenvalue weighted by Crippen LogP contribution is 2.12. The molecule has 0 aliphatic carbocycles. The topological polar surface area (TPSA) is 35.6 Å². The van der Waals surface area contributed by atoms with Crippen LogP contribution in [0.3, 0.4) is 0 Å². The normalized spacial score (nSPS) is 16.0. The van der Waals surface area contributed by atoms with E-state index in [-0.39, 0.29) is 6.03 Å².